The molecule has 3 aliphatic rings. The fourth-order valence-electron chi connectivity index (χ4n) is 4.15. The van der Waals surface area contributed by atoms with Gasteiger partial charge in [-0.15, -0.1) is 0 Å². The van der Waals surface area contributed by atoms with E-state index in [-0.39, 0.29) is 27.6 Å². The van der Waals surface area contributed by atoms with Crippen LogP contribution in [0.3, 0.4) is 0 Å². The second-order valence-electron chi connectivity index (χ2n) is 7.59. The Morgan fingerprint density at radius 3 is 2.29 bits per heavy atom. The van der Waals surface area contributed by atoms with Gasteiger partial charge in [0.15, 0.2) is 4.91 Å². The first-order valence-corrected chi connectivity index (χ1v) is 11.1. The van der Waals surface area contributed by atoms with E-state index in [1.165, 1.54) is 10.4 Å². The van der Waals surface area contributed by atoms with Crippen molar-refractivity contribution >= 4 is 21.6 Å². The number of fused-ring (bicyclic) bond motifs is 1. The van der Waals surface area contributed by atoms with Gasteiger partial charge in [-0.1, -0.05) is 31.2 Å². The summed E-state index contributed by atoms with van der Waals surface area (Å²) in [5.74, 6) is -0.770. The molecule has 0 saturated carbocycles. The van der Waals surface area contributed by atoms with Crippen molar-refractivity contribution < 1.29 is 22.7 Å². The molecule has 150 valence electrons. The van der Waals surface area contributed by atoms with E-state index < -0.39 is 21.6 Å². The minimum Gasteiger partial charge on any atom is -0.378 e. The minimum atomic E-state index is -4.08. The lowest BCUT2D eigenvalue weighted by Gasteiger charge is -2.36. The predicted molar refractivity (Wildman–Crippen MR) is 103 cm³/mol. The van der Waals surface area contributed by atoms with Crippen LogP contribution in [0, 0.1) is 5.92 Å². The Labute approximate surface area is 165 Å². The van der Waals surface area contributed by atoms with Gasteiger partial charge in [-0.25, -0.2) is 8.42 Å². The monoisotopic (exact) mass is 404 g/mol. The molecule has 8 heteroatoms. The van der Waals surface area contributed by atoms with Gasteiger partial charge >= 0.3 is 0 Å². The summed E-state index contributed by atoms with van der Waals surface area (Å²) in [6.45, 7) is 4.28. The molecular formula is C20H24N2O5S. The summed E-state index contributed by atoms with van der Waals surface area (Å²) in [6, 6.07) is 6.45. The van der Waals surface area contributed by atoms with Crippen LogP contribution >= 0.6 is 0 Å². The standard InChI is InChI=1S/C20H24N2O5S/c1-14-5-4-8-22(13-14)28(25,26)20-17(21-9-11-27-12-10-21)18(23)15-6-2-3-7-16(15)19(20)24/h2-3,6-7,14H,4-5,8-13H2,1H3. The minimum absolute atomic E-state index is 0.00484. The lowest BCUT2D eigenvalue weighted by atomic mass is 9.91. The maximum Gasteiger partial charge on any atom is 0.249 e. The Morgan fingerprint density at radius 1 is 1.00 bits per heavy atom. The first-order chi connectivity index (χ1) is 13.4. The van der Waals surface area contributed by atoms with Crippen LogP contribution in [0.15, 0.2) is 34.9 Å². The lowest BCUT2D eigenvalue weighted by Crippen LogP contribution is -2.46. The largest absolute Gasteiger partial charge is 0.378 e. The van der Waals surface area contributed by atoms with Crippen molar-refractivity contribution in [3.05, 3.63) is 46.0 Å². The molecule has 2 aliphatic heterocycles. The van der Waals surface area contributed by atoms with Gasteiger partial charge in [-0.2, -0.15) is 4.31 Å². The van der Waals surface area contributed by atoms with Gasteiger partial charge < -0.3 is 9.64 Å². The molecule has 0 aromatic heterocycles. The molecule has 2 heterocycles. The van der Waals surface area contributed by atoms with Crippen LogP contribution < -0.4 is 0 Å². The molecule has 7 nitrogen and oxygen atoms in total. The summed E-state index contributed by atoms with van der Waals surface area (Å²) < 4.78 is 33.8. The summed E-state index contributed by atoms with van der Waals surface area (Å²) in [7, 11) is -4.08. The average molecular weight is 404 g/mol. The summed E-state index contributed by atoms with van der Waals surface area (Å²) in [4.78, 5) is 27.9. The second kappa shape index (κ2) is 7.42. The summed E-state index contributed by atoms with van der Waals surface area (Å²) in [5.41, 5.74) is 0.429. The maximum atomic E-state index is 13.5. The number of sulfonamides is 1. The number of allylic oxidation sites excluding steroid dienone is 2. The van der Waals surface area contributed by atoms with Crippen LogP contribution in [0.1, 0.15) is 40.5 Å². The molecule has 0 bridgehead atoms. The Kier molecular flexibility index (Phi) is 5.11. The number of carbonyl (C=O) groups excluding carboxylic acids is 2. The number of rotatable bonds is 3. The average Bonchev–Trinajstić information content (AvgIpc) is 2.71. The van der Waals surface area contributed by atoms with Crippen molar-refractivity contribution in [3.63, 3.8) is 0 Å². The van der Waals surface area contributed by atoms with Crippen LogP contribution in [-0.4, -0.2) is 68.6 Å². The van der Waals surface area contributed by atoms with E-state index in [4.69, 9.17) is 4.74 Å². The van der Waals surface area contributed by atoms with E-state index in [1.54, 1.807) is 23.1 Å². The van der Waals surface area contributed by atoms with Crippen LogP contribution in [0.25, 0.3) is 0 Å². The maximum absolute atomic E-state index is 13.5. The highest BCUT2D eigenvalue weighted by Crippen LogP contribution is 2.34. The molecule has 0 amide bonds. The third kappa shape index (κ3) is 3.19. The van der Waals surface area contributed by atoms with Crippen molar-refractivity contribution in [1.29, 1.82) is 0 Å². The fourth-order valence-corrected chi connectivity index (χ4v) is 6.04. The van der Waals surface area contributed by atoms with Gasteiger partial charge in [-0.3, -0.25) is 9.59 Å². The number of piperidine rings is 1. The van der Waals surface area contributed by atoms with Crippen molar-refractivity contribution in [3.8, 4) is 0 Å². The van der Waals surface area contributed by atoms with Crippen LogP contribution in [-0.2, 0) is 14.8 Å². The summed E-state index contributed by atoms with van der Waals surface area (Å²) >= 11 is 0. The number of nitrogens with zero attached hydrogens (tertiary/aromatic N) is 2. The van der Waals surface area contributed by atoms with Crippen molar-refractivity contribution in [2.75, 3.05) is 39.4 Å². The van der Waals surface area contributed by atoms with Crippen LogP contribution in [0.2, 0.25) is 0 Å². The van der Waals surface area contributed by atoms with E-state index in [0.29, 0.717) is 39.4 Å². The quantitative estimate of drug-likeness (QED) is 0.762. The van der Waals surface area contributed by atoms with Crippen molar-refractivity contribution in [2.24, 2.45) is 5.92 Å². The van der Waals surface area contributed by atoms with Gasteiger partial charge in [0, 0.05) is 37.3 Å². The smallest absolute Gasteiger partial charge is 0.249 e. The molecule has 4 rings (SSSR count). The third-order valence-electron chi connectivity index (χ3n) is 5.60. The number of hydrogen-bond donors (Lipinski definition) is 0. The molecule has 0 radical (unpaired) electrons. The highest BCUT2D eigenvalue weighted by Gasteiger charge is 2.44. The zero-order valence-electron chi connectivity index (χ0n) is 15.9. The number of morpholine rings is 1. The number of hydrogen-bond acceptors (Lipinski definition) is 6. The number of benzene rings is 1. The first kappa shape index (κ1) is 19.3. The Morgan fingerprint density at radius 2 is 1.64 bits per heavy atom. The number of Topliss-reactive ketones (excluding diaryl/α,β-unsaturated/α-hetero) is 2. The number of carbonyl (C=O) groups is 2. The van der Waals surface area contributed by atoms with Gasteiger partial charge in [0.1, 0.15) is 5.70 Å². The molecule has 1 aromatic rings. The first-order valence-electron chi connectivity index (χ1n) is 9.67. The molecule has 1 unspecified atom stereocenters. The van der Waals surface area contributed by atoms with Gasteiger partial charge in [0.2, 0.25) is 21.6 Å². The highest BCUT2D eigenvalue weighted by molar-refractivity contribution is 7.94. The summed E-state index contributed by atoms with van der Waals surface area (Å²) in [6.07, 6.45) is 1.70. The topological polar surface area (TPSA) is 84.0 Å². The van der Waals surface area contributed by atoms with Crippen LogP contribution in [0.5, 0.6) is 0 Å². The molecule has 0 spiro atoms. The number of ether oxygens (including phenoxy) is 1. The van der Waals surface area contributed by atoms with Gasteiger partial charge in [-0.05, 0) is 18.8 Å². The molecular weight excluding hydrogens is 380 g/mol. The highest BCUT2D eigenvalue weighted by atomic mass is 32.2. The predicted octanol–water partition coefficient (Wildman–Crippen LogP) is 1.67. The number of ketones is 2. The zero-order chi connectivity index (χ0) is 19.9. The molecule has 28 heavy (non-hydrogen) atoms. The molecule has 2 saturated heterocycles. The molecule has 1 aromatic carbocycles. The second-order valence-corrected chi connectivity index (χ2v) is 9.47. The van der Waals surface area contributed by atoms with Gasteiger partial charge in [0.25, 0.3) is 0 Å². The van der Waals surface area contributed by atoms with E-state index in [1.807, 2.05) is 6.92 Å². The molecule has 0 N–H and O–H groups in total. The van der Waals surface area contributed by atoms with Crippen molar-refractivity contribution in [1.82, 2.24) is 9.21 Å². The normalized spacial score (nSPS) is 24.5. The van der Waals surface area contributed by atoms with E-state index in [2.05, 4.69) is 0 Å². The van der Waals surface area contributed by atoms with Gasteiger partial charge in [0.05, 0.1) is 13.2 Å². The van der Waals surface area contributed by atoms with E-state index in [0.717, 1.165) is 12.8 Å². The Hall–Kier alpha value is -2.03. The van der Waals surface area contributed by atoms with Crippen LogP contribution in [0.4, 0.5) is 0 Å². The molecule has 1 aliphatic carbocycles. The summed E-state index contributed by atoms with van der Waals surface area (Å²) in [5, 5.41) is 0. The fraction of sp³-hybridized carbons (Fsp3) is 0.500. The molecule has 2 fully saturated rings. The van der Waals surface area contributed by atoms with E-state index in [9.17, 15) is 18.0 Å². The lowest BCUT2D eigenvalue weighted by molar-refractivity contribution is 0.0498. The third-order valence-corrected chi connectivity index (χ3v) is 7.50. The Bertz CT molecular complexity index is 947. The van der Waals surface area contributed by atoms with E-state index >= 15 is 0 Å². The zero-order valence-corrected chi connectivity index (χ0v) is 16.7. The molecule has 1 atom stereocenters. The Balaban J connectivity index is 1.88. The SMILES string of the molecule is CC1CCCN(S(=O)(=O)C2=C(N3CCOCC3)C(=O)c3ccccc3C2=O)C1. The van der Waals surface area contributed by atoms with Crippen molar-refractivity contribution in [2.45, 2.75) is 19.8 Å².